The summed E-state index contributed by atoms with van der Waals surface area (Å²) in [7, 11) is 0. The Labute approximate surface area is 115 Å². The molecule has 0 amide bonds. The zero-order chi connectivity index (χ0) is 14.9. The van der Waals surface area contributed by atoms with Gasteiger partial charge in [0.1, 0.15) is 0 Å². The van der Waals surface area contributed by atoms with Crippen LogP contribution < -0.4 is 0 Å². The molecule has 0 aliphatic heterocycles. The topological polar surface area (TPSA) is 74.6 Å². The van der Waals surface area contributed by atoms with Crippen LogP contribution in [-0.4, -0.2) is 22.2 Å². The van der Waals surface area contributed by atoms with Gasteiger partial charge in [-0.15, -0.1) is 11.3 Å². The number of thiophene rings is 1. The van der Waals surface area contributed by atoms with Gasteiger partial charge in [0, 0.05) is 5.56 Å². The summed E-state index contributed by atoms with van der Waals surface area (Å²) >= 11 is 0.836. The van der Waals surface area contributed by atoms with E-state index in [0.717, 1.165) is 17.4 Å². The molecule has 7 heteroatoms. The summed E-state index contributed by atoms with van der Waals surface area (Å²) in [5.41, 5.74) is -0.216. The van der Waals surface area contributed by atoms with Gasteiger partial charge in [0.05, 0.1) is 16.0 Å². The van der Waals surface area contributed by atoms with Crippen LogP contribution in [0.5, 0.6) is 0 Å². The molecular weight excluding hydrogens is 290 g/mol. The second-order valence-electron chi connectivity index (χ2n) is 3.91. The molecule has 0 unspecified atom stereocenters. The molecule has 0 bridgehead atoms. The lowest BCUT2D eigenvalue weighted by Gasteiger charge is -2.06. The molecule has 1 aromatic carbocycles. The third kappa shape index (κ3) is 2.67. The Balaban J connectivity index is 2.64. The Bertz CT molecular complexity index is 647. The molecule has 0 fully saturated rings. The first-order valence-electron chi connectivity index (χ1n) is 5.37. The van der Waals surface area contributed by atoms with Crippen LogP contribution >= 0.6 is 11.3 Å². The summed E-state index contributed by atoms with van der Waals surface area (Å²) in [6.07, 6.45) is -2.70. The Hall–Kier alpha value is -2.28. The van der Waals surface area contributed by atoms with E-state index in [2.05, 4.69) is 0 Å². The third-order valence-corrected chi connectivity index (χ3v) is 3.56. The zero-order valence-electron chi connectivity index (χ0n) is 9.84. The number of hydrogen-bond acceptors (Lipinski definition) is 3. The summed E-state index contributed by atoms with van der Waals surface area (Å²) in [5.74, 6) is -2.63. The summed E-state index contributed by atoms with van der Waals surface area (Å²) in [6.45, 7) is 0. The standard InChI is InChI=1S/C13H8F2O4S/c14-11(15)10-9(1-2-20-10)6-3-7(12(16)17)5-8(4-6)13(18)19/h1-5,11H,(H,16,17)(H,18,19). The number of aromatic carboxylic acids is 2. The average Bonchev–Trinajstić information content (AvgIpc) is 2.87. The number of halogens is 2. The predicted octanol–water partition coefficient (Wildman–Crippen LogP) is 3.75. The van der Waals surface area contributed by atoms with Crippen LogP contribution in [-0.2, 0) is 0 Å². The van der Waals surface area contributed by atoms with Gasteiger partial charge < -0.3 is 10.2 Å². The van der Waals surface area contributed by atoms with Gasteiger partial charge in [-0.25, -0.2) is 18.4 Å². The highest BCUT2D eigenvalue weighted by molar-refractivity contribution is 7.10. The summed E-state index contributed by atoms with van der Waals surface area (Å²) in [4.78, 5) is 21.7. The molecule has 0 saturated heterocycles. The van der Waals surface area contributed by atoms with Gasteiger partial charge in [-0.05, 0) is 35.2 Å². The third-order valence-electron chi connectivity index (χ3n) is 2.63. The van der Waals surface area contributed by atoms with Crippen LogP contribution in [0.4, 0.5) is 8.78 Å². The molecular formula is C13H8F2O4S. The number of rotatable bonds is 4. The lowest BCUT2D eigenvalue weighted by atomic mass is 10.00. The second-order valence-corrected chi connectivity index (χ2v) is 4.86. The number of hydrogen-bond donors (Lipinski definition) is 2. The monoisotopic (exact) mass is 298 g/mol. The first-order valence-corrected chi connectivity index (χ1v) is 6.25. The van der Waals surface area contributed by atoms with E-state index in [1.807, 2.05) is 0 Å². The maximum atomic E-state index is 12.8. The van der Waals surface area contributed by atoms with E-state index in [-0.39, 0.29) is 27.1 Å². The Morgan fingerprint density at radius 2 is 1.60 bits per heavy atom. The average molecular weight is 298 g/mol. The van der Waals surface area contributed by atoms with Gasteiger partial charge >= 0.3 is 11.9 Å². The first kappa shape index (κ1) is 14.1. The van der Waals surface area contributed by atoms with Gasteiger partial charge in [-0.3, -0.25) is 0 Å². The maximum absolute atomic E-state index is 12.8. The molecule has 4 nitrogen and oxygen atoms in total. The number of carbonyl (C=O) groups is 2. The Morgan fingerprint density at radius 3 is 2.05 bits per heavy atom. The molecule has 2 N–H and O–H groups in total. The highest BCUT2D eigenvalue weighted by atomic mass is 32.1. The first-order chi connectivity index (χ1) is 9.40. The highest BCUT2D eigenvalue weighted by Crippen LogP contribution is 2.36. The van der Waals surface area contributed by atoms with Crippen LogP contribution in [0.15, 0.2) is 29.6 Å². The zero-order valence-corrected chi connectivity index (χ0v) is 10.7. The molecule has 20 heavy (non-hydrogen) atoms. The molecule has 1 aromatic heterocycles. The van der Waals surface area contributed by atoms with Crippen LogP contribution in [0.3, 0.4) is 0 Å². The van der Waals surface area contributed by atoms with Crippen LogP contribution in [0.25, 0.3) is 11.1 Å². The second kappa shape index (κ2) is 5.38. The van der Waals surface area contributed by atoms with Gasteiger partial charge in [0.2, 0.25) is 0 Å². The largest absolute Gasteiger partial charge is 0.478 e. The van der Waals surface area contributed by atoms with Crippen molar-refractivity contribution in [2.45, 2.75) is 6.43 Å². The SMILES string of the molecule is O=C(O)c1cc(C(=O)O)cc(-c2ccsc2C(F)F)c1. The Kier molecular flexibility index (Phi) is 3.80. The van der Waals surface area contributed by atoms with Gasteiger partial charge in [-0.1, -0.05) is 0 Å². The lowest BCUT2D eigenvalue weighted by Crippen LogP contribution is -2.03. The van der Waals surface area contributed by atoms with Crippen LogP contribution in [0, 0.1) is 0 Å². The lowest BCUT2D eigenvalue weighted by molar-refractivity contribution is 0.0696. The molecule has 2 rings (SSSR count). The smallest absolute Gasteiger partial charge is 0.335 e. The van der Waals surface area contributed by atoms with Gasteiger partial charge in [0.25, 0.3) is 6.43 Å². The van der Waals surface area contributed by atoms with Crippen molar-refractivity contribution in [2.24, 2.45) is 0 Å². The van der Waals surface area contributed by atoms with Gasteiger partial charge in [-0.2, -0.15) is 0 Å². The van der Waals surface area contributed by atoms with Crippen molar-refractivity contribution >= 4 is 23.3 Å². The molecule has 0 aliphatic carbocycles. The maximum Gasteiger partial charge on any atom is 0.335 e. The molecule has 0 atom stereocenters. The van der Waals surface area contributed by atoms with Crippen LogP contribution in [0.1, 0.15) is 32.0 Å². The fourth-order valence-electron chi connectivity index (χ4n) is 1.76. The molecule has 1 heterocycles. The van der Waals surface area contributed by atoms with Crippen LogP contribution in [0.2, 0.25) is 0 Å². The van der Waals surface area contributed by atoms with E-state index in [4.69, 9.17) is 10.2 Å². The Morgan fingerprint density at radius 1 is 1.05 bits per heavy atom. The number of alkyl halides is 2. The van der Waals surface area contributed by atoms with E-state index >= 15 is 0 Å². The normalized spacial score (nSPS) is 10.8. The van der Waals surface area contributed by atoms with E-state index in [1.165, 1.54) is 23.6 Å². The quantitative estimate of drug-likeness (QED) is 0.901. The molecule has 0 aliphatic rings. The summed E-state index contributed by atoms with van der Waals surface area (Å²) in [6, 6.07) is 4.77. The van der Waals surface area contributed by atoms with Crippen molar-refractivity contribution in [2.75, 3.05) is 0 Å². The van der Waals surface area contributed by atoms with Crippen molar-refractivity contribution in [1.29, 1.82) is 0 Å². The van der Waals surface area contributed by atoms with E-state index < -0.39 is 18.4 Å². The van der Waals surface area contributed by atoms with Crippen molar-refractivity contribution in [3.63, 3.8) is 0 Å². The number of carboxylic acid groups (broad SMARTS) is 2. The van der Waals surface area contributed by atoms with Gasteiger partial charge in [0.15, 0.2) is 0 Å². The molecule has 104 valence electrons. The minimum absolute atomic E-state index is 0.149. The summed E-state index contributed by atoms with van der Waals surface area (Å²) in [5, 5.41) is 19.4. The van der Waals surface area contributed by atoms with E-state index in [0.29, 0.717) is 0 Å². The fraction of sp³-hybridized carbons (Fsp3) is 0.0769. The number of benzene rings is 1. The highest BCUT2D eigenvalue weighted by Gasteiger charge is 2.19. The van der Waals surface area contributed by atoms with Crippen molar-refractivity contribution in [3.8, 4) is 11.1 Å². The molecule has 0 saturated carbocycles. The molecule has 0 spiro atoms. The summed E-state index contributed by atoms with van der Waals surface area (Å²) < 4.78 is 25.7. The van der Waals surface area contributed by atoms with Crippen molar-refractivity contribution in [3.05, 3.63) is 45.6 Å². The van der Waals surface area contributed by atoms with Crippen molar-refractivity contribution < 1.29 is 28.6 Å². The molecule has 2 aromatic rings. The molecule has 0 radical (unpaired) electrons. The van der Waals surface area contributed by atoms with Crippen molar-refractivity contribution in [1.82, 2.24) is 0 Å². The van der Waals surface area contributed by atoms with E-state index in [1.54, 1.807) is 0 Å². The predicted molar refractivity (Wildman–Crippen MR) is 68.6 cm³/mol. The number of carboxylic acids is 2. The van der Waals surface area contributed by atoms with E-state index in [9.17, 15) is 18.4 Å². The minimum atomic E-state index is -2.70. The fourth-order valence-corrected chi connectivity index (χ4v) is 2.52. The minimum Gasteiger partial charge on any atom is -0.478 e.